The summed E-state index contributed by atoms with van der Waals surface area (Å²) in [7, 11) is 0. The maximum absolute atomic E-state index is 11.6. The monoisotopic (exact) mass is 231 g/mol. The zero-order chi connectivity index (χ0) is 12.4. The summed E-state index contributed by atoms with van der Waals surface area (Å²) in [6, 6.07) is 0. The third-order valence-electron chi connectivity index (χ3n) is 2.77. The van der Waals surface area contributed by atoms with Gasteiger partial charge < -0.3 is 15.2 Å². The Hall–Kier alpha value is -0.610. The number of ether oxygens (including phenoxy) is 2. The van der Waals surface area contributed by atoms with Gasteiger partial charge in [-0.15, -0.1) is 0 Å². The number of esters is 1. The minimum absolute atomic E-state index is 0.293. The van der Waals surface area contributed by atoms with Gasteiger partial charge in [-0.05, 0) is 19.3 Å². The lowest BCUT2D eigenvalue weighted by molar-refractivity contribution is -0.152. The van der Waals surface area contributed by atoms with Gasteiger partial charge in [0.1, 0.15) is 12.1 Å². The highest BCUT2D eigenvalue weighted by molar-refractivity contribution is 5.80. The van der Waals surface area contributed by atoms with Gasteiger partial charge in [-0.3, -0.25) is 4.79 Å². The summed E-state index contributed by atoms with van der Waals surface area (Å²) in [5, 5.41) is 0. The molecule has 4 heteroatoms. The largest absolute Gasteiger partial charge is 0.462 e. The molecule has 0 aromatic heterocycles. The standard InChI is InChI=1S/C12H25NO3/c1-4-7-8-15-9-10-16-11(14)12(13,5-2)6-3/h4-10,13H2,1-3H3. The van der Waals surface area contributed by atoms with Crippen LogP contribution in [0.15, 0.2) is 0 Å². The maximum atomic E-state index is 11.6. The average molecular weight is 231 g/mol. The fourth-order valence-electron chi connectivity index (χ4n) is 1.22. The van der Waals surface area contributed by atoms with Crippen LogP contribution in [-0.2, 0) is 14.3 Å². The van der Waals surface area contributed by atoms with E-state index in [4.69, 9.17) is 15.2 Å². The van der Waals surface area contributed by atoms with E-state index in [1.807, 2.05) is 13.8 Å². The first-order valence-electron chi connectivity index (χ1n) is 6.14. The summed E-state index contributed by atoms with van der Waals surface area (Å²) >= 11 is 0. The van der Waals surface area contributed by atoms with Gasteiger partial charge in [0, 0.05) is 6.61 Å². The molecule has 0 bridgehead atoms. The lowest BCUT2D eigenvalue weighted by Crippen LogP contribution is -2.48. The van der Waals surface area contributed by atoms with Crippen molar-refractivity contribution in [1.29, 1.82) is 0 Å². The van der Waals surface area contributed by atoms with Gasteiger partial charge in [0.15, 0.2) is 0 Å². The van der Waals surface area contributed by atoms with Crippen LogP contribution in [0.1, 0.15) is 46.5 Å². The van der Waals surface area contributed by atoms with Crippen molar-refractivity contribution >= 4 is 5.97 Å². The number of hydrogen-bond acceptors (Lipinski definition) is 4. The van der Waals surface area contributed by atoms with Gasteiger partial charge >= 0.3 is 5.97 Å². The van der Waals surface area contributed by atoms with Gasteiger partial charge in [-0.2, -0.15) is 0 Å². The van der Waals surface area contributed by atoms with Crippen molar-refractivity contribution in [3.63, 3.8) is 0 Å². The topological polar surface area (TPSA) is 61.5 Å². The Morgan fingerprint density at radius 2 is 1.75 bits per heavy atom. The second-order valence-corrected chi connectivity index (χ2v) is 3.97. The third kappa shape index (κ3) is 5.47. The Kier molecular flexibility index (Phi) is 8.21. The zero-order valence-electron chi connectivity index (χ0n) is 10.8. The molecule has 0 atom stereocenters. The SMILES string of the molecule is CCCCOCCOC(=O)C(N)(CC)CC. The Morgan fingerprint density at radius 1 is 1.12 bits per heavy atom. The molecular formula is C12H25NO3. The lowest BCUT2D eigenvalue weighted by atomic mass is 9.95. The minimum Gasteiger partial charge on any atom is -0.462 e. The van der Waals surface area contributed by atoms with Crippen molar-refractivity contribution in [3.05, 3.63) is 0 Å². The Morgan fingerprint density at radius 3 is 2.25 bits per heavy atom. The summed E-state index contributed by atoms with van der Waals surface area (Å²) in [5.74, 6) is -0.323. The molecule has 16 heavy (non-hydrogen) atoms. The maximum Gasteiger partial charge on any atom is 0.326 e. The summed E-state index contributed by atoms with van der Waals surface area (Å²) < 4.78 is 10.4. The smallest absolute Gasteiger partial charge is 0.326 e. The average Bonchev–Trinajstić information content (AvgIpc) is 2.32. The fourth-order valence-corrected chi connectivity index (χ4v) is 1.22. The van der Waals surface area contributed by atoms with E-state index >= 15 is 0 Å². The molecule has 96 valence electrons. The molecule has 0 amide bonds. The van der Waals surface area contributed by atoms with Crippen molar-refractivity contribution in [2.24, 2.45) is 5.73 Å². The Balaban J connectivity index is 3.64. The number of carbonyl (C=O) groups excluding carboxylic acids is 1. The summed E-state index contributed by atoms with van der Waals surface area (Å²) in [4.78, 5) is 11.6. The summed E-state index contributed by atoms with van der Waals surface area (Å²) in [6.07, 6.45) is 3.34. The Bertz CT molecular complexity index is 191. The van der Waals surface area contributed by atoms with E-state index in [2.05, 4.69) is 6.92 Å². The van der Waals surface area contributed by atoms with Crippen LogP contribution in [0.5, 0.6) is 0 Å². The van der Waals surface area contributed by atoms with E-state index in [0.717, 1.165) is 19.4 Å². The molecule has 4 nitrogen and oxygen atoms in total. The van der Waals surface area contributed by atoms with Crippen molar-refractivity contribution in [2.75, 3.05) is 19.8 Å². The molecule has 0 rings (SSSR count). The number of nitrogens with two attached hydrogens (primary N) is 1. The van der Waals surface area contributed by atoms with E-state index in [-0.39, 0.29) is 5.97 Å². The first-order valence-corrected chi connectivity index (χ1v) is 6.14. The van der Waals surface area contributed by atoms with E-state index < -0.39 is 5.54 Å². The van der Waals surface area contributed by atoms with Crippen LogP contribution in [-0.4, -0.2) is 31.3 Å². The van der Waals surface area contributed by atoms with Gasteiger partial charge in [0.25, 0.3) is 0 Å². The van der Waals surface area contributed by atoms with Crippen molar-refractivity contribution in [1.82, 2.24) is 0 Å². The van der Waals surface area contributed by atoms with Crippen LogP contribution in [0.3, 0.4) is 0 Å². The van der Waals surface area contributed by atoms with Crippen LogP contribution < -0.4 is 5.73 Å². The molecule has 0 aliphatic carbocycles. The highest BCUT2D eigenvalue weighted by Gasteiger charge is 2.31. The quantitative estimate of drug-likeness (QED) is 0.486. The predicted molar refractivity (Wildman–Crippen MR) is 64.2 cm³/mol. The molecular weight excluding hydrogens is 206 g/mol. The predicted octanol–water partition coefficient (Wildman–Crippen LogP) is 1.86. The molecule has 2 N–H and O–H groups in total. The molecule has 0 aromatic carbocycles. The highest BCUT2D eigenvalue weighted by Crippen LogP contribution is 2.12. The fraction of sp³-hybridized carbons (Fsp3) is 0.917. The second-order valence-electron chi connectivity index (χ2n) is 3.97. The highest BCUT2D eigenvalue weighted by atomic mass is 16.6. The lowest BCUT2D eigenvalue weighted by Gasteiger charge is -2.23. The van der Waals surface area contributed by atoms with Gasteiger partial charge in [-0.1, -0.05) is 27.2 Å². The molecule has 0 saturated carbocycles. The molecule has 0 aliphatic heterocycles. The molecule has 0 aliphatic rings. The van der Waals surface area contributed by atoms with Crippen LogP contribution in [0, 0.1) is 0 Å². The van der Waals surface area contributed by atoms with Crippen LogP contribution in [0.4, 0.5) is 0 Å². The van der Waals surface area contributed by atoms with E-state index in [9.17, 15) is 4.79 Å². The first-order chi connectivity index (χ1) is 7.60. The molecule has 0 fully saturated rings. The van der Waals surface area contributed by atoms with Crippen LogP contribution in [0.25, 0.3) is 0 Å². The summed E-state index contributed by atoms with van der Waals surface area (Å²) in [5.41, 5.74) is 5.06. The van der Waals surface area contributed by atoms with Gasteiger partial charge in [0.05, 0.1) is 6.61 Å². The molecule has 0 saturated heterocycles. The normalized spacial score (nSPS) is 11.5. The van der Waals surface area contributed by atoms with Crippen LogP contribution in [0.2, 0.25) is 0 Å². The van der Waals surface area contributed by atoms with Gasteiger partial charge in [0.2, 0.25) is 0 Å². The van der Waals surface area contributed by atoms with Crippen molar-refractivity contribution in [2.45, 2.75) is 52.0 Å². The Labute approximate surface area is 98.5 Å². The third-order valence-corrected chi connectivity index (χ3v) is 2.77. The zero-order valence-corrected chi connectivity index (χ0v) is 10.8. The van der Waals surface area contributed by atoms with Crippen molar-refractivity contribution < 1.29 is 14.3 Å². The molecule has 0 heterocycles. The van der Waals surface area contributed by atoms with Crippen molar-refractivity contribution in [3.8, 4) is 0 Å². The van der Waals surface area contributed by atoms with Gasteiger partial charge in [-0.25, -0.2) is 0 Å². The molecule has 0 spiro atoms. The van der Waals surface area contributed by atoms with E-state index in [1.165, 1.54) is 0 Å². The van der Waals surface area contributed by atoms with Crippen LogP contribution >= 0.6 is 0 Å². The first kappa shape index (κ1) is 15.4. The second kappa shape index (κ2) is 8.53. The number of unbranched alkanes of at least 4 members (excludes halogenated alkanes) is 1. The summed E-state index contributed by atoms with van der Waals surface area (Å²) in [6.45, 7) is 7.36. The number of hydrogen-bond donors (Lipinski definition) is 1. The molecule has 0 unspecified atom stereocenters. The number of carbonyl (C=O) groups is 1. The van der Waals surface area contributed by atoms with E-state index in [1.54, 1.807) is 0 Å². The molecule has 0 radical (unpaired) electrons. The number of rotatable bonds is 9. The minimum atomic E-state index is -0.830. The molecule has 0 aromatic rings. The van der Waals surface area contributed by atoms with E-state index in [0.29, 0.717) is 26.1 Å².